The number of ether oxygens (including phenoxy) is 1. The number of benzene rings is 1. The lowest BCUT2D eigenvalue weighted by atomic mass is 10.2. The highest BCUT2D eigenvalue weighted by Crippen LogP contribution is 2.20. The Morgan fingerprint density at radius 1 is 1.28 bits per heavy atom. The molecule has 90 valence electrons. The Morgan fingerprint density at radius 3 is 2.72 bits per heavy atom. The predicted molar refractivity (Wildman–Crippen MR) is 67.4 cm³/mol. The summed E-state index contributed by atoms with van der Waals surface area (Å²) in [6, 6.07) is 10.6. The first-order chi connectivity index (χ1) is 8.81. The van der Waals surface area contributed by atoms with Crippen LogP contribution in [0.3, 0.4) is 0 Å². The number of aromatic nitrogens is 2. The Kier molecular flexibility index (Phi) is 3.72. The van der Waals surface area contributed by atoms with E-state index < -0.39 is 0 Å². The van der Waals surface area contributed by atoms with E-state index in [2.05, 4.69) is 21.4 Å². The van der Waals surface area contributed by atoms with E-state index in [9.17, 15) is 0 Å². The second kappa shape index (κ2) is 5.64. The zero-order valence-electron chi connectivity index (χ0n) is 9.92. The average Bonchev–Trinajstić information content (AvgIpc) is 2.40. The molecule has 0 unspecified atom stereocenters. The van der Waals surface area contributed by atoms with Gasteiger partial charge in [0.15, 0.2) is 0 Å². The molecule has 18 heavy (non-hydrogen) atoms. The van der Waals surface area contributed by atoms with E-state index in [-0.39, 0.29) is 0 Å². The third kappa shape index (κ3) is 2.95. The van der Waals surface area contributed by atoms with Crippen molar-refractivity contribution in [3.05, 3.63) is 42.2 Å². The fourth-order valence-electron chi connectivity index (χ4n) is 1.39. The molecular formula is C13H12N4O. The minimum atomic E-state index is 0.464. The van der Waals surface area contributed by atoms with Crippen molar-refractivity contribution in [2.24, 2.45) is 0 Å². The zero-order chi connectivity index (χ0) is 12.8. The van der Waals surface area contributed by atoms with E-state index in [0.29, 0.717) is 17.2 Å². The van der Waals surface area contributed by atoms with Gasteiger partial charge >= 0.3 is 0 Å². The molecule has 1 heterocycles. The van der Waals surface area contributed by atoms with E-state index in [0.717, 1.165) is 12.4 Å². The summed E-state index contributed by atoms with van der Waals surface area (Å²) < 4.78 is 5.56. The van der Waals surface area contributed by atoms with Crippen LogP contribution in [0.25, 0.3) is 0 Å². The highest BCUT2D eigenvalue weighted by Gasteiger charge is 2.01. The normalized spacial score (nSPS) is 9.56. The maximum atomic E-state index is 8.69. The first kappa shape index (κ1) is 11.9. The van der Waals surface area contributed by atoms with Crippen molar-refractivity contribution in [1.82, 2.24) is 9.97 Å². The van der Waals surface area contributed by atoms with E-state index in [1.54, 1.807) is 30.3 Å². The second-order valence-electron chi connectivity index (χ2n) is 3.51. The smallest absolute Gasteiger partial charge is 0.224 e. The minimum Gasteiger partial charge on any atom is -0.439 e. The summed E-state index contributed by atoms with van der Waals surface area (Å²) in [4.78, 5) is 8.07. The molecule has 2 aromatic rings. The number of nitriles is 1. The van der Waals surface area contributed by atoms with Crippen LogP contribution in [0.2, 0.25) is 0 Å². The van der Waals surface area contributed by atoms with Gasteiger partial charge in [0, 0.05) is 12.6 Å². The molecule has 0 atom stereocenters. The van der Waals surface area contributed by atoms with Crippen LogP contribution in [0.15, 0.2) is 36.7 Å². The number of nitrogens with one attached hydrogen (secondary N) is 1. The van der Waals surface area contributed by atoms with Crippen molar-refractivity contribution in [2.45, 2.75) is 6.92 Å². The lowest BCUT2D eigenvalue weighted by Crippen LogP contribution is -2.00. The molecule has 1 N–H and O–H groups in total. The second-order valence-corrected chi connectivity index (χ2v) is 3.51. The average molecular weight is 240 g/mol. The molecule has 0 spiro atoms. The van der Waals surface area contributed by atoms with Crippen molar-refractivity contribution in [3.8, 4) is 17.7 Å². The number of hydrogen-bond acceptors (Lipinski definition) is 5. The molecule has 2 rings (SSSR count). The van der Waals surface area contributed by atoms with Crippen LogP contribution >= 0.6 is 0 Å². The molecular weight excluding hydrogens is 228 g/mol. The zero-order valence-corrected chi connectivity index (χ0v) is 9.92. The van der Waals surface area contributed by atoms with Crippen molar-refractivity contribution < 1.29 is 4.74 Å². The third-order valence-corrected chi connectivity index (χ3v) is 2.21. The molecule has 0 saturated carbocycles. The van der Waals surface area contributed by atoms with Gasteiger partial charge in [-0.25, -0.2) is 9.97 Å². The molecule has 0 aliphatic heterocycles. The van der Waals surface area contributed by atoms with E-state index in [1.165, 1.54) is 6.33 Å². The molecule has 1 aromatic carbocycles. The third-order valence-electron chi connectivity index (χ3n) is 2.21. The van der Waals surface area contributed by atoms with Gasteiger partial charge in [-0.1, -0.05) is 0 Å². The minimum absolute atomic E-state index is 0.464. The molecule has 5 nitrogen and oxygen atoms in total. The van der Waals surface area contributed by atoms with Crippen LogP contribution in [0.5, 0.6) is 11.6 Å². The molecule has 0 aliphatic carbocycles. The first-order valence-corrected chi connectivity index (χ1v) is 5.55. The van der Waals surface area contributed by atoms with Crippen molar-refractivity contribution >= 4 is 5.82 Å². The molecule has 0 aliphatic rings. The van der Waals surface area contributed by atoms with Gasteiger partial charge in [0.1, 0.15) is 17.9 Å². The maximum absolute atomic E-state index is 8.69. The molecule has 0 fully saturated rings. The number of anilines is 1. The topological polar surface area (TPSA) is 70.8 Å². The molecule has 1 aromatic heterocycles. The van der Waals surface area contributed by atoms with Crippen LogP contribution in [0.1, 0.15) is 12.5 Å². The fourth-order valence-corrected chi connectivity index (χ4v) is 1.39. The summed E-state index contributed by atoms with van der Waals surface area (Å²) >= 11 is 0. The lowest BCUT2D eigenvalue weighted by Gasteiger charge is -2.06. The fraction of sp³-hybridized carbons (Fsp3) is 0.154. The Hall–Kier alpha value is -2.61. The summed E-state index contributed by atoms with van der Waals surface area (Å²) in [5, 5.41) is 11.8. The quantitative estimate of drug-likeness (QED) is 0.889. The van der Waals surface area contributed by atoms with E-state index in [1.807, 2.05) is 6.92 Å². The van der Waals surface area contributed by atoms with Crippen LogP contribution in [-0.4, -0.2) is 16.5 Å². The molecule has 0 radical (unpaired) electrons. The van der Waals surface area contributed by atoms with E-state index in [4.69, 9.17) is 10.00 Å². The van der Waals surface area contributed by atoms with E-state index >= 15 is 0 Å². The van der Waals surface area contributed by atoms with Crippen LogP contribution < -0.4 is 10.1 Å². The van der Waals surface area contributed by atoms with Gasteiger partial charge in [-0.3, -0.25) is 0 Å². The van der Waals surface area contributed by atoms with Gasteiger partial charge in [0.25, 0.3) is 0 Å². The number of hydrogen-bond donors (Lipinski definition) is 1. The Labute approximate surface area is 105 Å². The first-order valence-electron chi connectivity index (χ1n) is 5.55. The van der Waals surface area contributed by atoms with Crippen molar-refractivity contribution in [3.63, 3.8) is 0 Å². The summed E-state index contributed by atoms with van der Waals surface area (Å²) in [7, 11) is 0. The largest absolute Gasteiger partial charge is 0.439 e. The number of nitrogens with zero attached hydrogens (tertiary/aromatic N) is 3. The number of rotatable bonds is 4. The van der Waals surface area contributed by atoms with Crippen LogP contribution in [0, 0.1) is 11.3 Å². The highest BCUT2D eigenvalue weighted by atomic mass is 16.5. The summed E-state index contributed by atoms with van der Waals surface area (Å²) in [6.45, 7) is 2.77. The Balaban J connectivity index is 2.12. The van der Waals surface area contributed by atoms with Gasteiger partial charge in [-0.2, -0.15) is 5.26 Å². The SMILES string of the molecule is CCNc1cc(Oc2ccc(C#N)cc2)ncn1. The monoisotopic (exact) mass is 240 g/mol. The molecule has 0 bridgehead atoms. The lowest BCUT2D eigenvalue weighted by molar-refractivity contribution is 0.462. The van der Waals surface area contributed by atoms with Gasteiger partial charge in [0.05, 0.1) is 11.6 Å². The predicted octanol–water partition coefficient (Wildman–Crippen LogP) is 2.57. The van der Waals surface area contributed by atoms with Gasteiger partial charge in [0.2, 0.25) is 5.88 Å². The van der Waals surface area contributed by atoms with Gasteiger partial charge in [-0.15, -0.1) is 0 Å². The van der Waals surface area contributed by atoms with Gasteiger partial charge < -0.3 is 10.1 Å². The van der Waals surface area contributed by atoms with Crippen LogP contribution in [0.4, 0.5) is 5.82 Å². The molecule has 0 amide bonds. The highest BCUT2D eigenvalue weighted by molar-refractivity contribution is 5.40. The maximum Gasteiger partial charge on any atom is 0.224 e. The molecule has 0 saturated heterocycles. The van der Waals surface area contributed by atoms with Crippen molar-refractivity contribution in [1.29, 1.82) is 5.26 Å². The molecule has 5 heteroatoms. The van der Waals surface area contributed by atoms with Gasteiger partial charge in [-0.05, 0) is 31.2 Å². The summed E-state index contributed by atoms with van der Waals surface area (Å²) in [5.41, 5.74) is 0.596. The van der Waals surface area contributed by atoms with Crippen LogP contribution in [-0.2, 0) is 0 Å². The van der Waals surface area contributed by atoms with Crippen molar-refractivity contribution in [2.75, 3.05) is 11.9 Å². The Bertz CT molecular complexity index is 560. The standard InChI is InChI=1S/C13H12N4O/c1-2-15-12-7-13(17-9-16-12)18-11-5-3-10(8-14)4-6-11/h3-7,9H,2H2,1H3,(H,15,16,17). The summed E-state index contributed by atoms with van der Waals surface area (Å²) in [5.74, 6) is 1.82. The summed E-state index contributed by atoms with van der Waals surface area (Å²) in [6.07, 6.45) is 1.44. The Morgan fingerprint density at radius 2 is 2.06 bits per heavy atom.